The molecule has 3 fully saturated rings. The lowest BCUT2D eigenvalue weighted by Gasteiger charge is -2.41. The molecule has 3 aliphatic carbocycles. The highest BCUT2D eigenvalue weighted by Gasteiger charge is 2.56. The first-order chi connectivity index (χ1) is 6.02. The van der Waals surface area contributed by atoms with Gasteiger partial charge in [-0.15, -0.1) is 0 Å². The van der Waals surface area contributed by atoms with E-state index in [2.05, 4.69) is 33.0 Å². The number of rotatable bonds is 3. The summed E-state index contributed by atoms with van der Waals surface area (Å²) >= 11 is 0. The minimum Gasteiger partial charge on any atom is -0.309 e. The van der Waals surface area contributed by atoms with Crippen molar-refractivity contribution in [3.8, 4) is 0 Å². The first-order valence-corrected chi connectivity index (χ1v) is 5.80. The maximum atomic E-state index is 3.77. The van der Waals surface area contributed by atoms with Crippen molar-refractivity contribution in [1.82, 2.24) is 5.32 Å². The average Bonchev–Trinajstić information content (AvgIpc) is 2.38. The van der Waals surface area contributed by atoms with Crippen LogP contribution in [0.2, 0.25) is 0 Å². The molecule has 3 saturated carbocycles. The van der Waals surface area contributed by atoms with Crippen molar-refractivity contribution in [3.63, 3.8) is 0 Å². The SMILES string of the molecule is CC(C)NC12CC(C1)C(C(C)C)C2. The maximum absolute atomic E-state index is 3.77. The Labute approximate surface area is 82.3 Å². The second kappa shape index (κ2) is 2.98. The van der Waals surface area contributed by atoms with E-state index in [-0.39, 0.29) is 0 Å². The van der Waals surface area contributed by atoms with Crippen LogP contribution in [0.15, 0.2) is 0 Å². The molecule has 0 aliphatic heterocycles. The lowest BCUT2D eigenvalue weighted by molar-refractivity contribution is 0.164. The van der Waals surface area contributed by atoms with Gasteiger partial charge in [-0.1, -0.05) is 27.7 Å². The smallest absolute Gasteiger partial charge is 0.0192 e. The van der Waals surface area contributed by atoms with Gasteiger partial charge >= 0.3 is 0 Å². The summed E-state index contributed by atoms with van der Waals surface area (Å²) in [6, 6.07) is 0.659. The summed E-state index contributed by atoms with van der Waals surface area (Å²) in [6.45, 7) is 9.30. The molecule has 0 radical (unpaired) electrons. The van der Waals surface area contributed by atoms with Gasteiger partial charge in [0.1, 0.15) is 0 Å². The standard InChI is InChI=1S/C12H23N/c1-8(2)11-7-12(13-9(3)4)5-10(11)6-12/h8-11,13H,5-7H2,1-4H3. The summed E-state index contributed by atoms with van der Waals surface area (Å²) in [7, 11) is 0. The Balaban J connectivity index is 1.95. The van der Waals surface area contributed by atoms with E-state index in [1.165, 1.54) is 19.3 Å². The van der Waals surface area contributed by atoms with E-state index in [9.17, 15) is 0 Å². The van der Waals surface area contributed by atoms with Gasteiger partial charge in [0, 0.05) is 11.6 Å². The van der Waals surface area contributed by atoms with Crippen LogP contribution in [0.4, 0.5) is 0 Å². The third kappa shape index (κ3) is 1.52. The third-order valence-corrected chi connectivity index (χ3v) is 3.99. The highest BCUT2D eigenvalue weighted by Crippen LogP contribution is 2.57. The van der Waals surface area contributed by atoms with Crippen LogP contribution in [-0.4, -0.2) is 11.6 Å². The molecule has 3 aliphatic rings. The molecule has 0 aromatic heterocycles. The summed E-state index contributed by atoms with van der Waals surface area (Å²) in [4.78, 5) is 0. The molecule has 3 rings (SSSR count). The van der Waals surface area contributed by atoms with Crippen LogP contribution in [0.3, 0.4) is 0 Å². The Kier molecular flexibility index (Phi) is 2.18. The lowest BCUT2D eigenvalue weighted by atomic mass is 9.75. The molecule has 0 heterocycles. The third-order valence-electron chi connectivity index (χ3n) is 3.99. The molecule has 0 aromatic rings. The van der Waals surface area contributed by atoms with Crippen LogP contribution >= 0.6 is 0 Å². The van der Waals surface area contributed by atoms with Crippen molar-refractivity contribution in [2.45, 2.75) is 58.5 Å². The zero-order chi connectivity index (χ0) is 9.64. The van der Waals surface area contributed by atoms with Crippen molar-refractivity contribution < 1.29 is 0 Å². The Hall–Kier alpha value is -0.0400. The van der Waals surface area contributed by atoms with Crippen LogP contribution in [0.1, 0.15) is 47.0 Å². The molecule has 1 N–H and O–H groups in total. The van der Waals surface area contributed by atoms with E-state index in [4.69, 9.17) is 0 Å². The Morgan fingerprint density at radius 1 is 1.08 bits per heavy atom. The van der Waals surface area contributed by atoms with Gasteiger partial charge in [-0.2, -0.15) is 0 Å². The molecule has 1 heteroatoms. The zero-order valence-electron chi connectivity index (χ0n) is 9.43. The highest BCUT2D eigenvalue weighted by atomic mass is 15.0. The number of hydrogen-bond acceptors (Lipinski definition) is 1. The molecule has 1 atom stereocenters. The Bertz CT molecular complexity index is 189. The highest BCUT2D eigenvalue weighted by molar-refractivity contribution is 5.12. The molecular weight excluding hydrogens is 158 g/mol. The van der Waals surface area contributed by atoms with E-state index >= 15 is 0 Å². The van der Waals surface area contributed by atoms with E-state index in [1.54, 1.807) is 0 Å². The van der Waals surface area contributed by atoms with E-state index in [1.807, 2.05) is 0 Å². The van der Waals surface area contributed by atoms with Crippen LogP contribution in [0, 0.1) is 17.8 Å². The monoisotopic (exact) mass is 181 g/mol. The summed E-state index contributed by atoms with van der Waals surface area (Å²) in [5.74, 6) is 2.95. The topological polar surface area (TPSA) is 12.0 Å². The summed E-state index contributed by atoms with van der Waals surface area (Å²) < 4.78 is 0. The minimum atomic E-state index is 0.563. The first kappa shape index (κ1) is 9.51. The lowest BCUT2D eigenvalue weighted by Crippen LogP contribution is -2.51. The van der Waals surface area contributed by atoms with Crippen molar-refractivity contribution in [3.05, 3.63) is 0 Å². The number of nitrogens with one attached hydrogen (secondary N) is 1. The van der Waals surface area contributed by atoms with E-state index in [0.717, 1.165) is 17.8 Å². The fourth-order valence-corrected chi connectivity index (χ4v) is 3.60. The Morgan fingerprint density at radius 2 is 1.69 bits per heavy atom. The van der Waals surface area contributed by atoms with E-state index in [0.29, 0.717) is 11.6 Å². The molecule has 1 nitrogen and oxygen atoms in total. The van der Waals surface area contributed by atoms with Crippen molar-refractivity contribution in [1.29, 1.82) is 0 Å². The molecule has 76 valence electrons. The molecular formula is C12H23N. The normalized spacial score (nSPS) is 42.9. The van der Waals surface area contributed by atoms with Crippen molar-refractivity contribution >= 4 is 0 Å². The van der Waals surface area contributed by atoms with Crippen molar-refractivity contribution in [2.75, 3.05) is 0 Å². The number of hydrogen-bond donors (Lipinski definition) is 1. The minimum absolute atomic E-state index is 0.563. The van der Waals surface area contributed by atoms with E-state index < -0.39 is 0 Å². The van der Waals surface area contributed by atoms with Gasteiger partial charge in [-0.3, -0.25) is 0 Å². The van der Waals surface area contributed by atoms with Crippen LogP contribution in [-0.2, 0) is 0 Å². The molecule has 0 spiro atoms. The quantitative estimate of drug-likeness (QED) is 0.706. The molecule has 13 heavy (non-hydrogen) atoms. The van der Waals surface area contributed by atoms with Gasteiger partial charge in [0.25, 0.3) is 0 Å². The largest absolute Gasteiger partial charge is 0.309 e. The van der Waals surface area contributed by atoms with Gasteiger partial charge in [0.2, 0.25) is 0 Å². The molecule has 1 unspecified atom stereocenters. The zero-order valence-corrected chi connectivity index (χ0v) is 9.43. The number of fused-ring (bicyclic) bond motifs is 1. The summed E-state index contributed by atoms with van der Waals surface area (Å²) in [5, 5.41) is 3.77. The van der Waals surface area contributed by atoms with Gasteiger partial charge < -0.3 is 5.32 Å². The van der Waals surface area contributed by atoms with Gasteiger partial charge in [0.15, 0.2) is 0 Å². The van der Waals surface area contributed by atoms with Crippen molar-refractivity contribution in [2.24, 2.45) is 17.8 Å². The average molecular weight is 181 g/mol. The molecule has 0 aromatic carbocycles. The van der Waals surface area contributed by atoms with Gasteiger partial charge in [-0.25, -0.2) is 0 Å². The van der Waals surface area contributed by atoms with Crippen LogP contribution < -0.4 is 5.32 Å². The first-order valence-electron chi connectivity index (χ1n) is 5.80. The fourth-order valence-electron chi connectivity index (χ4n) is 3.60. The van der Waals surface area contributed by atoms with Crippen LogP contribution in [0.25, 0.3) is 0 Å². The summed E-state index contributed by atoms with van der Waals surface area (Å²) in [6.07, 6.45) is 4.34. The molecule has 2 bridgehead atoms. The second-order valence-corrected chi connectivity index (χ2v) is 5.86. The molecule has 0 amide bonds. The fraction of sp³-hybridized carbons (Fsp3) is 1.00. The predicted molar refractivity (Wildman–Crippen MR) is 56.7 cm³/mol. The predicted octanol–water partition coefficient (Wildman–Crippen LogP) is 2.81. The Morgan fingerprint density at radius 3 is 2.08 bits per heavy atom. The molecule has 0 saturated heterocycles. The second-order valence-electron chi connectivity index (χ2n) is 5.86. The summed E-state index contributed by atoms with van der Waals surface area (Å²) in [5.41, 5.74) is 0.563. The van der Waals surface area contributed by atoms with Crippen LogP contribution in [0.5, 0.6) is 0 Å². The van der Waals surface area contributed by atoms with Gasteiger partial charge in [0.05, 0.1) is 0 Å². The van der Waals surface area contributed by atoms with Gasteiger partial charge in [-0.05, 0) is 37.0 Å². The maximum Gasteiger partial charge on any atom is 0.0192 e.